The van der Waals surface area contributed by atoms with E-state index in [1.165, 1.54) is 5.69 Å². The molecule has 6 nitrogen and oxygen atoms in total. The van der Waals surface area contributed by atoms with Gasteiger partial charge in [-0.05, 0) is 54.2 Å². The number of phenolic OH excluding ortho intramolecular Hbond substituents is 1. The molecule has 2 amide bonds. The van der Waals surface area contributed by atoms with Gasteiger partial charge < -0.3 is 25.7 Å². The van der Waals surface area contributed by atoms with Crippen LogP contribution >= 0.6 is 0 Å². The monoisotopic (exact) mass is 369 g/mol. The summed E-state index contributed by atoms with van der Waals surface area (Å²) in [6.07, 6.45) is 2.06. The lowest BCUT2D eigenvalue weighted by atomic mass is 9.97. The minimum atomic E-state index is -0.224. The molecule has 27 heavy (non-hydrogen) atoms. The van der Waals surface area contributed by atoms with Gasteiger partial charge in [-0.2, -0.15) is 0 Å². The van der Waals surface area contributed by atoms with Crippen LogP contribution < -0.4 is 15.5 Å². The van der Waals surface area contributed by atoms with Crippen molar-refractivity contribution in [3.05, 3.63) is 59.7 Å². The molecule has 2 aromatic carbocycles. The van der Waals surface area contributed by atoms with E-state index in [0.717, 1.165) is 37.1 Å². The Morgan fingerprint density at radius 3 is 1.96 bits per heavy atom. The number of rotatable bonds is 6. The Kier molecular flexibility index (Phi) is 6.54. The lowest BCUT2D eigenvalue weighted by Crippen LogP contribution is -2.35. The summed E-state index contributed by atoms with van der Waals surface area (Å²) in [5.74, 6) is 0.647. The van der Waals surface area contributed by atoms with E-state index in [-0.39, 0.29) is 18.4 Å². The molecular weight excluding hydrogens is 342 g/mol. The maximum absolute atomic E-state index is 11.9. The summed E-state index contributed by atoms with van der Waals surface area (Å²) >= 11 is 0. The fourth-order valence-electron chi connectivity index (χ4n) is 3.24. The van der Waals surface area contributed by atoms with Crippen LogP contribution in [0.25, 0.3) is 0 Å². The fourth-order valence-corrected chi connectivity index (χ4v) is 3.24. The van der Waals surface area contributed by atoms with Gasteiger partial charge in [-0.1, -0.05) is 24.3 Å². The van der Waals surface area contributed by atoms with Crippen molar-refractivity contribution in [3.63, 3.8) is 0 Å². The van der Waals surface area contributed by atoms with Crippen molar-refractivity contribution in [1.82, 2.24) is 10.6 Å². The quantitative estimate of drug-likeness (QED) is 0.631. The van der Waals surface area contributed by atoms with E-state index < -0.39 is 0 Å². The number of piperidine rings is 1. The summed E-state index contributed by atoms with van der Waals surface area (Å²) in [7, 11) is 0. The Balaban J connectivity index is 1.41. The van der Waals surface area contributed by atoms with Crippen LogP contribution in [0.15, 0.2) is 48.5 Å². The highest BCUT2D eigenvalue weighted by atomic mass is 16.3. The van der Waals surface area contributed by atoms with Gasteiger partial charge in [0.2, 0.25) is 0 Å². The number of aliphatic hydroxyl groups is 1. The first-order chi connectivity index (χ1) is 13.1. The minimum absolute atomic E-state index is 0.212. The number of amides is 2. The second-order valence-electron chi connectivity index (χ2n) is 6.98. The van der Waals surface area contributed by atoms with Gasteiger partial charge in [0, 0.05) is 38.5 Å². The van der Waals surface area contributed by atoms with Crippen molar-refractivity contribution in [3.8, 4) is 5.75 Å². The molecule has 1 aliphatic rings. The zero-order valence-corrected chi connectivity index (χ0v) is 15.4. The van der Waals surface area contributed by atoms with E-state index in [2.05, 4.69) is 27.7 Å². The Labute approximate surface area is 159 Å². The maximum atomic E-state index is 11.9. The SMILES string of the molecule is O=C(NCc1ccc(O)cc1)NCc1ccc(N2CCC(CO)CC2)cc1. The lowest BCUT2D eigenvalue weighted by Gasteiger charge is -2.33. The molecule has 0 spiro atoms. The van der Waals surface area contributed by atoms with E-state index in [0.29, 0.717) is 19.0 Å². The van der Waals surface area contributed by atoms with Crippen LogP contribution in [0.5, 0.6) is 5.75 Å². The van der Waals surface area contributed by atoms with Gasteiger partial charge in [0.15, 0.2) is 0 Å². The molecule has 1 heterocycles. The van der Waals surface area contributed by atoms with Crippen LogP contribution in [0, 0.1) is 5.92 Å². The van der Waals surface area contributed by atoms with Crippen LogP contribution in [-0.2, 0) is 13.1 Å². The molecule has 0 atom stereocenters. The smallest absolute Gasteiger partial charge is 0.315 e. The molecule has 1 fully saturated rings. The van der Waals surface area contributed by atoms with Gasteiger partial charge in [0.05, 0.1) is 0 Å². The van der Waals surface area contributed by atoms with Gasteiger partial charge >= 0.3 is 6.03 Å². The van der Waals surface area contributed by atoms with Crippen molar-refractivity contribution in [2.75, 3.05) is 24.6 Å². The largest absolute Gasteiger partial charge is 0.508 e. The number of carbonyl (C=O) groups is 1. The van der Waals surface area contributed by atoms with Gasteiger partial charge in [0.1, 0.15) is 5.75 Å². The van der Waals surface area contributed by atoms with Crippen molar-refractivity contribution < 1.29 is 15.0 Å². The summed E-state index contributed by atoms with van der Waals surface area (Å²) < 4.78 is 0. The highest BCUT2D eigenvalue weighted by Gasteiger charge is 2.18. The zero-order chi connectivity index (χ0) is 19.1. The van der Waals surface area contributed by atoms with Crippen LogP contribution in [0.3, 0.4) is 0 Å². The predicted molar refractivity (Wildman–Crippen MR) is 106 cm³/mol. The summed E-state index contributed by atoms with van der Waals surface area (Å²) in [6, 6.07) is 14.8. The second kappa shape index (κ2) is 9.28. The Hall–Kier alpha value is -2.73. The summed E-state index contributed by atoms with van der Waals surface area (Å²) in [6.45, 7) is 3.11. The molecule has 6 heteroatoms. The molecule has 0 saturated carbocycles. The van der Waals surface area contributed by atoms with Crippen LogP contribution in [-0.4, -0.2) is 35.9 Å². The third-order valence-corrected chi connectivity index (χ3v) is 5.02. The van der Waals surface area contributed by atoms with E-state index in [4.69, 9.17) is 0 Å². The summed E-state index contributed by atoms with van der Waals surface area (Å²) in [5, 5.41) is 24.1. The number of aliphatic hydroxyl groups excluding tert-OH is 1. The van der Waals surface area contributed by atoms with Crippen molar-refractivity contribution in [2.45, 2.75) is 25.9 Å². The van der Waals surface area contributed by atoms with Gasteiger partial charge in [0.25, 0.3) is 0 Å². The molecule has 144 valence electrons. The molecule has 1 saturated heterocycles. The molecule has 2 aromatic rings. The maximum Gasteiger partial charge on any atom is 0.315 e. The normalized spacial score (nSPS) is 14.8. The van der Waals surface area contributed by atoms with Crippen LogP contribution in [0.4, 0.5) is 10.5 Å². The number of carbonyl (C=O) groups excluding carboxylic acids is 1. The standard InChI is InChI=1S/C21H27N3O3/c25-15-18-9-11-24(12-10-18)19-5-1-16(2-6-19)13-22-21(27)23-14-17-3-7-20(26)8-4-17/h1-8,18,25-26H,9-15H2,(H2,22,23,27). The topological polar surface area (TPSA) is 84.8 Å². The van der Waals surface area contributed by atoms with E-state index in [1.807, 2.05) is 12.1 Å². The highest BCUT2D eigenvalue weighted by molar-refractivity contribution is 5.73. The molecule has 0 bridgehead atoms. The molecule has 0 aliphatic carbocycles. The number of anilines is 1. The van der Waals surface area contributed by atoms with E-state index in [1.54, 1.807) is 24.3 Å². The molecular formula is C21H27N3O3. The average Bonchev–Trinajstić information content (AvgIpc) is 2.72. The number of hydrogen-bond donors (Lipinski definition) is 4. The number of aromatic hydroxyl groups is 1. The number of nitrogens with one attached hydrogen (secondary N) is 2. The third-order valence-electron chi connectivity index (χ3n) is 5.02. The number of benzene rings is 2. The van der Waals surface area contributed by atoms with Crippen LogP contribution in [0.1, 0.15) is 24.0 Å². The molecule has 0 radical (unpaired) electrons. The fraction of sp³-hybridized carbons (Fsp3) is 0.381. The number of phenols is 1. The molecule has 0 aromatic heterocycles. The van der Waals surface area contributed by atoms with Crippen molar-refractivity contribution >= 4 is 11.7 Å². The Bertz CT molecular complexity index is 723. The molecule has 4 N–H and O–H groups in total. The second-order valence-corrected chi connectivity index (χ2v) is 6.98. The molecule has 1 aliphatic heterocycles. The molecule has 0 unspecified atom stereocenters. The molecule has 3 rings (SSSR count). The lowest BCUT2D eigenvalue weighted by molar-refractivity contribution is 0.203. The first kappa shape index (κ1) is 19.0. The first-order valence-electron chi connectivity index (χ1n) is 9.38. The first-order valence-corrected chi connectivity index (χ1v) is 9.38. The third kappa shape index (κ3) is 5.62. The van der Waals surface area contributed by atoms with Gasteiger partial charge in [-0.25, -0.2) is 4.79 Å². The van der Waals surface area contributed by atoms with Crippen LogP contribution in [0.2, 0.25) is 0 Å². The highest BCUT2D eigenvalue weighted by Crippen LogP contribution is 2.23. The van der Waals surface area contributed by atoms with E-state index in [9.17, 15) is 15.0 Å². The zero-order valence-electron chi connectivity index (χ0n) is 15.4. The summed E-state index contributed by atoms with van der Waals surface area (Å²) in [4.78, 5) is 14.3. The predicted octanol–water partition coefficient (Wildman–Crippen LogP) is 2.60. The van der Waals surface area contributed by atoms with E-state index >= 15 is 0 Å². The summed E-state index contributed by atoms with van der Waals surface area (Å²) in [5.41, 5.74) is 3.16. The van der Waals surface area contributed by atoms with Crippen molar-refractivity contribution in [1.29, 1.82) is 0 Å². The minimum Gasteiger partial charge on any atom is -0.508 e. The Morgan fingerprint density at radius 2 is 1.44 bits per heavy atom. The van der Waals surface area contributed by atoms with Gasteiger partial charge in [-0.3, -0.25) is 0 Å². The number of nitrogens with zero attached hydrogens (tertiary/aromatic N) is 1. The van der Waals surface area contributed by atoms with Gasteiger partial charge in [-0.15, -0.1) is 0 Å². The van der Waals surface area contributed by atoms with Crippen molar-refractivity contribution in [2.24, 2.45) is 5.92 Å². The average molecular weight is 369 g/mol. The number of hydrogen-bond acceptors (Lipinski definition) is 4. The number of urea groups is 1. The Morgan fingerprint density at radius 1 is 0.926 bits per heavy atom.